The van der Waals surface area contributed by atoms with Crippen LogP contribution in [0.4, 0.5) is 11.4 Å². The van der Waals surface area contributed by atoms with Gasteiger partial charge in [0.1, 0.15) is 5.37 Å². The van der Waals surface area contributed by atoms with Crippen molar-refractivity contribution < 1.29 is 8.42 Å². The standard InChI is InChI=1S/C25H24N4O2S2/c1-29(2)22-11-5-10-20-19(22)9-6-12-24(20)33(30,31)28-18-8-4-3-7-17(15-18)25-27-21-13-14-26-16-23(21)32-25/h4-16,25,27-28H,3H2,1-2H3. The van der Waals surface area contributed by atoms with E-state index in [2.05, 4.69) is 21.1 Å². The lowest BCUT2D eigenvalue weighted by atomic mass is 10.1. The summed E-state index contributed by atoms with van der Waals surface area (Å²) in [4.78, 5) is 7.53. The van der Waals surface area contributed by atoms with E-state index < -0.39 is 10.0 Å². The Hall–Kier alpha value is -3.23. The lowest BCUT2D eigenvalue weighted by molar-refractivity contribution is 0.590. The van der Waals surface area contributed by atoms with Crippen LogP contribution in [0.2, 0.25) is 0 Å². The first-order chi connectivity index (χ1) is 15.9. The summed E-state index contributed by atoms with van der Waals surface area (Å²) in [7, 11) is 0.104. The monoisotopic (exact) mass is 476 g/mol. The van der Waals surface area contributed by atoms with Gasteiger partial charge in [-0.15, -0.1) is 0 Å². The molecule has 33 heavy (non-hydrogen) atoms. The lowest BCUT2D eigenvalue weighted by Gasteiger charge is -2.18. The number of sulfonamides is 1. The first-order valence-corrected chi connectivity index (χ1v) is 13.0. The highest BCUT2D eigenvalue weighted by Gasteiger charge is 2.25. The minimum atomic E-state index is -3.80. The van der Waals surface area contributed by atoms with E-state index in [4.69, 9.17) is 0 Å². The minimum Gasteiger partial charge on any atom is -0.377 e. The fourth-order valence-corrected chi connectivity index (χ4v) is 6.46. The summed E-state index contributed by atoms with van der Waals surface area (Å²) in [5.41, 5.74) is 3.57. The van der Waals surface area contributed by atoms with Crippen molar-refractivity contribution in [3.63, 3.8) is 0 Å². The average molecular weight is 477 g/mol. The van der Waals surface area contributed by atoms with Gasteiger partial charge in [0.15, 0.2) is 0 Å². The van der Waals surface area contributed by atoms with Crippen LogP contribution in [-0.2, 0) is 10.0 Å². The molecule has 2 aliphatic rings. The van der Waals surface area contributed by atoms with Crippen molar-refractivity contribution in [3.05, 3.63) is 90.4 Å². The van der Waals surface area contributed by atoms with Gasteiger partial charge in [-0.1, -0.05) is 48.2 Å². The molecule has 8 heteroatoms. The zero-order valence-electron chi connectivity index (χ0n) is 18.3. The number of hydrogen-bond donors (Lipinski definition) is 2. The third-order valence-electron chi connectivity index (χ3n) is 5.61. The molecule has 2 N–H and O–H groups in total. The van der Waals surface area contributed by atoms with Crippen molar-refractivity contribution in [1.29, 1.82) is 0 Å². The van der Waals surface area contributed by atoms with Gasteiger partial charge in [0.05, 0.1) is 15.5 Å². The molecule has 1 aliphatic carbocycles. The molecule has 0 amide bonds. The van der Waals surface area contributed by atoms with E-state index in [1.807, 2.05) is 73.8 Å². The topological polar surface area (TPSA) is 74.3 Å². The number of benzene rings is 2. The highest BCUT2D eigenvalue weighted by Crippen LogP contribution is 2.41. The molecule has 0 fully saturated rings. The third-order valence-corrected chi connectivity index (χ3v) is 8.25. The number of nitrogens with zero attached hydrogens (tertiary/aromatic N) is 2. The molecular formula is C25H24N4O2S2. The van der Waals surface area contributed by atoms with Gasteiger partial charge in [-0.05, 0) is 42.3 Å². The molecule has 2 aromatic carbocycles. The van der Waals surface area contributed by atoms with Crippen LogP contribution in [0.15, 0.2) is 100 Å². The van der Waals surface area contributed by atoms with E-state index in [0.717, 1.165) is 33.7 Å². The Morgan fingerprint density at radius 1 is 1.12 bits per heavy atom. The van der Waals surface area contributed by atoms with Crippen molar-refractivity contribution in [2.75, 3.05) is 24.3 Å². The number of nitrogens with one attached hydrogen (secondary N) is 2. The number of aromatic nitrogens is 1. The van der Waals surface area contributed by atoms with Crippen molar-refractivity contribution in [3.8, 4) is 0 Å². The highest BCUT2D eigenvalue weighted by atomic mass is 32.2. The first kappa shape index (κ1) is 21.6. The quantitative estimate of drug-likeness (QED) is 0.546. The maximum Gasteiger partial charge on any atom is 0.262 e. The molecule has 0 bridgehead atoms. The Morgan fingerprint density at radius 2 is 1.94 bits per heavy atom. The second kappa shape index (κ2) is 8.61. The number of rotatable bonds is 5. The molecule has 2 heterocycles. The molecule has 0 saturated heterocycles. The van der Waals surface area contributed by atoms with Gasteiger partial charge < -0.3 is 10.2 Å². The first-order valence-electron chi connectivity index (χ1n) is 10.6. The van der Waals surface area contributed by atoms with Crippen molar-refractivity contribution in [1.82, 2.24) is 9.71 Å². The lowest BCUT2D eigenvalue weighted by Crippen LogP contribution is -2.23. The number of fused-ring (bicyclic) bond motifs is 2. The van der Waals surface area contributed by atoms with Crippen LogP contribution in [0, 0.1) is 0 Å². The molecule has 0 spiro atoms. The van der Waals surface area contributed by atoms with Crippen molar-refractivity contribution >= 4 is 43.9 Å². The summed E-state index contributed by atoms with van der Waals surface area (Å²) in [5.74, 6) is 0. The summed E-state index contributed by atoms with van der Waals surface area (Å²) in [6, 6.07) is 13.1. The summed E-state index contributed by atoms with van der Waals surface area (Å²) >= 11 is 1.68. The Balaban J connectivity index is 1.46. The van der Waals surface area contributed by atoms with Gasteiger partial charge in [0.2, 0.25) is 0 Å². The molecule has 0 radical (unpaired) electrons. The maximum atomic E-state index is 13.5. The molecule has 1 atom stereocenters. The Kier molecular flexibility index (Phi) is 5.64. The largest absolute Gasteiger partial charge is 0.377 e. The van der Waals surface area contributed by atoms with E-state index in [-0.39, 0.29) is 10.3 Å². The summed E-state index contributed by atoms with van der Waals surface area (Å²) in [6.45, 7) is 0. The van der Waals surface area contributed by atoms with Crippen LogP contribution in [0.25, 0.3) is 10.8 Å². The van der Waals surface area contributed by atoms with Crippen LogP contribution in [0.5, 0.6) is 0 Å². The molecular weight excluding hydrogens is 452 g/mol. The summed E-state index contributed by atoms with van der Waals surface area (Å²) < 4.78 is 29.7. The predicted molar refractivity (Wildman–Crippen MR) is 136 cm³/mol. The second-order valence-corrected chi connectivity index (χ2v) is 10.9. The molecule has 1 aromatic heterocycles. The van der Waals surface area contributed by atoms with E-state index in [1.54, 1.807) is 30.1 Å². The Bertz CT molecular complexity index is 1400. The van der Waals surface area contributed by atoms with E-state index >= 15 is 0 Å². The van der Waals surface area contributed by atoms with Crippen LogP contribution in [0.3, 0.4) is 0 Å². The fraction of sp³-hybridized carbons (Fsp3) is 0.160. The second-order valence-electron chi connectivity index (χ2n) is 8.08. The molecule has 3 aromatic rings. The molecule has 1 unspecified atom stereocenters. The minimum absolute atomic E-state index is 0.00353. The van der Waals surface area contributed by atoms with Crippen LogP contribution < -0.4 is 14.9 Å². The molecule has 1 aliphatic heterocycles. The zero-order chi connectivity index (χ0) is 23.0. The van der Waals surface area contributed by atoms with Gasteiger partial charge in [-0.2, -0.15) is 0 Å². The fourth-order valence-electron chi connectivity index (χ4n) is 4.07. The Labute approximate surface area is 198 Å². The Morgan fingerprint density at radius 3 is 2.76 bits per heavy atom. The number of allylic oxidation sites excluding steroid dienone is 3. The van der Waals surface area contributed by atoms with Gasteiger partial charge in [0, 0.05) is 48.6 Å². The summed E-state index contributed by atoms with van der Waals surface area (Å²) in [6.07, 6.45) is 12.1. The number of pyridine rings is 1. The van der Waals surface area contributed by atoms with Crippen LogP contribution >= 0.6 is 11.8 Å². The number of anilines is 2. The van der Waals surface area contributed by atoms with E-state index in [9.17, 15) is 8.42 Å². The smallest absolute Gasteiger partial charge is 0.262 e. The van der Waals surface area contributed by atoms with Gasteiger partial charge in [0.25, 0.3) is 10.0 Å². The summed E-state index contributed by atoms with van der Waals surface area (Å²) in [5, 5.41) is 5.08. The van der Waals surface area contributed by atoms with Crippen LogP contribution in [0.1, 0.15) is 6.42 Å². The van der Waals surface area contributed by atoms with E-state index in [0.29, 0.717) is 11.1 Å². The molecule has 0 saturated carbocycles. The SMILES string of the molecule is CN(C)c1cccc2c(S(=O)(=O)NC3=CC(C4Nc5ccncc5S4)=CCC=C3)cccc12. The van der Waals surface area contributed by atoms with Gasteiger partial charge in [-0.25, -0.2) is 8.42 Å². The number of hydrogen-bond acceptors (Lipinski definition) is 6. The van der Waals surface area contributed by atoms with Gasteiger partial charge >= 0.3 is 0 Å². The van der Waals surface area contributed by atoms with Crippen molar-refractivity contribution in [2.45, 2.75) is 21.6 Å². The predicted octanol–water partition coefficient (Wildman–Crippen LogP) is 4.89. The maximum absolute atomic E-state index is 13.5. The molecule has 6 nitrogen and oxygen atoms in total. The highest BCUT2D eigenvalue weighted by molar-refractivity contribution is 8.00. The third kappa shape index (κ3) is 4.24. The van der Waals surface area contributed by atoms with Gasteiger partial charge in [-0.3, -0.25) is 9.71 Å². The van der Waals surface area contributed by atoms with Crippen LogP contribution in [-0.4, -0.2) is 32.9 Å². The molecule has 168 valence electrons. The van der Waals surface area contributed by atoms with E-state index in [1.165, 1.54) is 0 Å². The number of thioether (sulfide) groups is 1. The molecule has 5 rings (SSSR count). The average Bonchev–Trinajstić information content (AvgIpc) is 3.11. The normalized spacial score (nSPS) is 17.6. The zero-order valence-corrected chi connectivity index (χ0v) is 20.0. The van der Waals surface area contributed by atoms with Crippen molar-refractivity contribution in [2.24, 2.45) is 0 Å².